The fourth-order valence-corrected chi connectivity index (χ4v) is 1.08. The van der Waals surface area contributed by atoms with E-state index in [1.165, 1.54) is 0 Å². The first-order valence-electron chi connectivity index (χ1n) is 4.13. The molecule has 0 fully saturated rings. The van der Waals surface area contributed by atoms with Gasteiger partial charge in [0.15, 0.2) is 0 Å². The van der Waals surface area contributed by atoms with Crippen LogP contribution < -0.4 is 11.1 Å². The number of aliphatic hydroxyl groups excluding tert-OH is 1. The smallest absolute Gasteiger partial charge is 0.122 e. The Morgan fingerprint density at radius 1 is 1.38 bits per heavy atom. The van der Waals surface area contributed by atoms with Crippen molar-refractivity contribution < 1.29 is 10.2 Å². The van der Waals surface area contributed by atoms with Crippen molar-refractivity contribution >= 4 is 5.69 Å². The number of benzene rings is 1. The lowest BCUT2D eigenvalue weighted by Gasteiger charge is -2.08. The van der Waals surface area contributed by atoms with Crippen molar-refractivity contribution in [1.82, 2.24) is 5.32 Å². The highest BCUT2D eigenvalue weighted by Gasteiger charge is 2.03. The van der Waals surface area contributed by atoms with Gasteiger partial charge in [0.25, 0.3) is 0 Å². The molecular formula is C9H14N2O2. The van der Waals surface area contributed by atoms with Gasteiger partial charge in [0, 0.05) is 24.3 Å². The predicted octanol–water partition coefficient (Wildman–Crippen LogP) is 0.0563. The van der Waals surface area contributed by atoms with E-state index >= 15 is 0 Å². The molecule has 1 rings (SSSR count). The van der Waals surface area contributed by atoms with Crippen LogP contribution in [0.5, 0.6) is 5.75 Å². The highest BCUT2D eigenvalue weighted by molar-refractivity contribution is 5.53. The first-order chi connectivity index (χ1) is 6.25. The molecule has 0 bridgehead atoms. The molecular weight excluding hydrogens is 168 g/mol. The van der Waals surface area contributed by atoms with Crippen LogP contribution in [0.15, 0.2) is 18.2 Å². The molecule has 4 heteroatoms. The monoisotopic (exact) mass is 182 g/mol. The van der Waals surface area contributed by atoms with Gasteiger partial charge in [-0.25, -0.2) is 0 Å². The minimum atomic E-state index is 0.0769. The van der Waals surface area contributed by atoms with E-state index in [0.717, 1.165) is 0 Å². The van der Waals surface area contributed by atoms with Crippen molar-refractivity contribution in [2.45, 2.75) is 6.54 Å². The van der Waals surface area contributed by atoms with Crippen LogP contribution in [0.25, 0.3) is 0 Å². The molecule has 4 nitrogen and oxygen atoms in total. The molecule has 0 aromatic heterocycles. The zero-order valence-corrected chi connectivity index (χ0v) is 7.33. The number of nitrogens with one attached hydrogen (secondary N) is 1. The molecule has 5 N–H and O–H groups in total. The van der Waals surface area contributed by atoms with E-state index in [-0.39, 0.29) is 12.4 Å². The standard InChI is InChI=1S/C9H14N2O2/c10-8-2-1-3-9(13)7(8)6-11-4-5-12/h1-3,11-13H,4-6,10H2. The van der Waals surface area contributed by atoms with Crippen LogP contribution in [0.1, 0.15) is 5.56 Å². The molecule has 1 aromatic rings. The Morgan fingerprint density at radius 2 is 2.15 bits per heavy atom. The summed E-state index contributed by atoms with van der Waals surface area (Å²) in [5.41, 5.74) is 6.88. The highest BCUT2D eigenvalue weighted by atomic mass is 16.3. The van der Waals surface area contributed by atoms with Gasteiger partial charge in [-0.15, -0.1) is 0 Å². The molecule has 0 aliphatic carbocycles. The molecule has 0 unspecified atom stereocenters. The Hall–Kier alpha value is -1.26. The molecule has 0 atom stereocenters. The molecule has 13 heavy (non-hydrogen) atoms. The van der Waals surface area contributed by atoms with Crippen molar-refractivity contribution in [3.63, 3.8) is 0 Å². The van der Waals surface area contributed by atoms with Crippen molar-refractivity contribution in [1.29, 1.82) is 0 Å². The molecule has 0 radical (unpaired) electrons. The summed E-state index contributed by atoms with van der Waals surface area (Å²) in [6.45, 7) is 1.04. The number of phenols is 1. The number of nitrogen functional groups attached to an aromatic ring is 1. The molecule has 0 aliphatic heterocycles. The first-order valence-corrected chi connectivity index (χ1v) is 4.13. The summed E-state index contributed by atoms with van der Waals surface area (Å²) in [4.78, 5) is 0. The first kappa shape index (κ1) is 9.83. The fourth-order valence-electron chi connectivity index (χ4n) is 1.08. The Morgan fingerprint density at radius 3 is 2.77 bits per heavy atom. The maximum Gasteiger partial charge on any atom is 0.122 e. The summed E-state index contributed by atoms with van der Waals surface area (Å²) < 4.78 is 0. The average molecular weight is 182 g/mol. The predicted molar refractivity (Wildman–Crippen MR) is 51.3 cm³/mol. The summed E-state index contributed by atoms with van der Waals surface area (Å²) in [7, 11) is 0. The lowest BCUT2D eigenvalue weighted by atomic mass is 10.1. The molecule has 0 spiro atoms. The van der Waals surface area contributed by atoms with E-state index < -0.39 is 0 Å². The topological polar surface area (TPSA) is 78.5 Å². The second kappa shape index (κ2) is 4.69. The van der Waals surface area contributed by atoms with Gasteiger partial charge in [-0.05, 0) is 12.1 Å². The minimum Gasteiger partial charge on any atom is -0.508 e. The summed E-state index contributed by atoms with van der Waals surface area (Å²) >= 11 is 0. The Labute approximate surface area is 77.0 Å². The number of nitrogens with two attached hydrogens (primary N) is 1. The lowest BCUT2D eigenvalue weighted by Crippen LogP contribution is -2.18. The van der Waals surface area contributed by atoms with Gasteiger partial charge < -0.3 is 21.3 Å². The molecule has 72 valence electrons. The largest absolute Gasteiger partial charge is 0.508 e. The van der Waals surface area contributed by atoms with Crippen LogP contribution in [0.3, 0.4) is 0 Å². The van der Waals surface area contributed by atoms with Gasteiger partial charge in [-0.3, -0.25) is 0 Å². The maximum absolute atomic E-state index is 9.41. The number of aromatic hydroxyl groups is 1. The van der Waals surface area contributed by atoms with E-state index in [1.807, 2.05) is 0 Å². The van der Waals surface area contributed by atoms with Crippen LogP contribution in [-0.4, -0.2) is 23.4 Å². The Balaban J connectivity index is 2.64. The van der Waals surface area contributed by atoms with Gasteiger partial charge in [0.1, 0.15) is 5.75 Å². The molecule has 0 saturated carbocycles. The maximum atomic E-state index is 9.41. The SMILES string of the molecule is Nc1cccc(O)c1CNCCO. The molecule has 1 aromatic carbocycles. The van der Waals surface area contributed by atoms with Gasteiger partial charge in [-0.2, -0.15) is 0 Å². The Kier molecular flexibility index (Phi) is 3.54. The number of anilines is 1. The van der Waals surface area contributed by atoms with E-state index in [0.29, 0.717) is 24.3 Å². The third kappa shape index (κ3) is 2.61. The number of rotatable bonds is 4. The normalized spacial score (nSPS) is 10.2. The van der Waals surface area contributed by atoms with Crippen molar-refractivity contribution in [3.05, 3.63) is 23.8 Å². The van der Waals surface area contributed by atoms with Crippen LogP contribution in [0, 0.1) is 0 Å². The second-order valence-corrected chi connectivity index (χ2v) is 2.75. The summed E-state index contributed by atoms with van der Waals surface area (Å²) in [5, 5.41) is 20.9. The molecule has 0 heterocycles. The van der Waals surface area contributed by atoms with Crippen LogP contribution in [-0.2, 0) is 6.54 Å². The lowest BCUT2D eigenvalue weighted by molar-refractivity contribution is 0.291. The number of phenolic OH excluding ortho intramolecular Hbond substituents is 1. The van der Waals surface area contributed by atoms with Gasteiger partial charge in [0.2, 0.25) is 0 Å². The third-order valence-electron chi connectivity index (χ3n) is 1.78. The van der Waals surface area contributed by atoms with Crippen LogP contribution in [0.4, 0.5) is 5.69 Å². The zero-order chi connectivity index (χ0) is 9.68. The summed E-state index contributed by atoms with van der Waals surface area (Å²) in [6, 6.07) is 5.02. The minimum absolute atomic E-state index is 0.0769. The van der Waals surface area contributed by atoms with E-state index in [1.54, 1.807) is 18.2 Å². The van der Waals surface area contributed by atoms with E-state index in [2.05, 4.69) is 5.32 Å². The van der Waals surface area contributed by atoms with Crippen molar-refractivity contribution in [3.8, 4) is 5.75 Å². The quantitative estimate of drug-likeness (QED) is 0.392. The number of hydrogen-bond acceptors (Lipinski definition) is 4. The van der Waals surface area contributed by atoms with Crippen LogP contribution in [0.2, 0.25) is 0 Å². The zero-order valence-electron chi connectivity index (χ0n) is 7.33. The number of aliphatic hydroxyl groups is 1. The molecule has 0 saturated heterocycles. The van der Waals surface area contributed by atoms with Gasteiger partial charge in [0.05, 0.1) is 6.61 Å². The van der Waals surface area contributed by atoms with Gasteiger partial charge in [-0.1, -0.05) is 6.07 Å². The Bertz CT molecular complexity index is 256. The summed E-state index contributed by atoms with van der Waals surface area (Å²) in [6.07, 6.45) is 0. The van der Waals surface area contributed by atoms with E-state index in [4.69, 9.17) is 10.8 Å². The third-order valence-corrected chi connectivity index (χ3v) is 1.78. The van der Waals surface area contributed by atoms with Gasteiger partial charge >= 0.3 is 0 Å². The second-order valence-electron chi connectivity index (χ2n) is 2.75. The van der Waals surface area contributed by atoms with E-state index in [9.17, 15) is 5.11 Å². The highest BCUT2D eigenvalue weighted by Crippen LogP contribution is 2.22. The molecule has 0 amide bonds. The number of hydrogen-bond donors (Lipinski definition) is 4. The van der Waals surface area contributed by atoms with Crippen molar-refractivity contribution in [2.24, 2.45) is 0 Å². The summed E-state index contributed by atoms with van der Waals surface area (Å²) in [5.74, 6) is 0.186. The van der Waals surface area contributed by atoms with Crippen molar-refractivity contribution in [2.75, 3.05) is 18.9 Å². The van der Waals surface area contributed by atoms with Crippen LogP contribution >= 0.6 is 0 Å². The average Bonchev–Trinajstić information content (AvgIpc) is 2.10. The fraction of sp³-hybridized carbons (Fsp3) is 0.333. The molecule has 0 aliphatic rings.